The summed E-state index contributed by atoms with van der Waals surface area (Å²) in [6.45, 7) is 9.47. The van der Waals surface area contributed by atoms with Crippen molar-refractivity contribution in [1.29, 1.82) is 0 Å². The molecule has 0 aromatic carbocycles. The number of pyridine rings is 3. The summed E-state index contributed by atoms with van der Waals surface area (Å²) >= 11 is 0. The quantitative estimate of drug-likeness (QED) is 0.435. The number of hydrogen-bond acceptors (Lipinski definition) is 8. The van der Waals surface area contributed by atoms with Crippen molar-refractivity contribution in [3.05, 3.63) is 52.2 Å². The summed E-state index contributed by atoms with van der Waals surface area (Å²) in [4.78, 5) is 24.7. The number of aromatic nitrogens is 3. The molecule has 0 bridgehead atoms. The molecule has 2 saturated heterocycles. The molecule has 38 heavy (non-hydrogen) atoms. The highest BCUT2D eigenvalue weighted by molar-refractivity contribution is 7.92. The summed E-state index contributed by atoms with van der Waals surface area (Å²) in [6.07, 6.45) is 7.45. The predicted molar refractivity (Wildman–Crippen MR) is 150 cm³/mol. The number of hydrogen-bond donors (Lipinski definition) is 3. The highest BCUT2D eigenvalue weighted by Crippen LogP contribution is 2.33. The average molecular weight is 540 g/mol. The Bertz CT molecular complexity index is 1470. The van der Waals surface area contributed by atoms with Crippen LogP contribution >= 0.6 is 0 Å². The third-order valence-electron chi connectivity index (χ3n) is 8.01. The predicted octanol–water partition coefficient (Wildman–Crippen LogP) is 3.36. The van der Waals surface area contributed by atoms with Crippen LogP contribution in [0.1, 0.15) is 44.2 Å². The van der Waals surface area contributed by atoms with Gasteiger partial charge in [0.1, 0.15) is 0 Å². The van der Waals surface area contributed by atoms with Crippen molar-refractivity contribution in [2.75, 3.05) is 25.0 Å². The minimum absolute atomic E-state index is 0.00888. The zero-order chi connectivity index (χ0) is 27.0. The van der Waals surface area contributed by atoms with Gasteiger partial charge in [0.2, 0.25) is 0 Å². The van der Waals surface area contributed by atoms with Crippen molar-refractivity contribution < 1.29 is 13.2 Å². The SMILES string of the molecule is Cc1cncc(-c2cnc(N[C@@H]3CCNC[C@H]3OCC3C[C@@H](C)S(=O)(=O)[C@@H](C)C3)c3[nH]c(=O)c(C)cc23)c1. The smallest absolute Gasteiger partial charge is 0.251 e. The van der Waals surface area contributed by atoms with Crippen LogP contribution in [-0.4, -0.2) is 65.7 Å². The van der Waals surface area contributed by atoms with Crippen LogP contribution in [0.5, 0.6) is 0 Å². The summed E-state index contributed by atoms with van der Waals surface area (Å²) in [6, 6.07) is 3.96. The Kier molecular flexibility index (Phi) is 7.57. The monoisotopic (exact) mass is 539 g/mol. The maximum atomic E-state index is 12.6. The first kappa shape index (κ1) is 26.8. The van der Waals surface area contributed by atoms with E-state index in [2.05, 4.69) is 26.7 Å². The van der Waals surface area contributed by atoms with Crippen molar-refractivity contribution in [2.45, 2.75) is 69.6 Å². The van der Waals surface area contributed by atoms with Crippen LogP contribution in [0.2, 0.25) is 0 Å². The Morgan fingerprint density at radius 2 is 1.87 bits per heavy atom. The molecule has 0 radical (unpaired) electrons. The molecule has 3 N–H and O–H groups in total. The van der Waals surface area contributed by atoms with Gasteiger partial charge in [-0.05, 0) is 77.1 Å². The van der Waals surface area contributed by atoms with Gasteiger partial charge in [0.15, 0.2) is 15.7 Å². The fourth-order valence-corrected chi connectivity index (χ4v) is 7.65. The zero-order valence-electron chi connectivity index (χ0n) is 22.5. The zero-order valence-corrected chi connectivity index (χ0v) is 23.3. The van der Waals surface area contributed by atoms with Crippen LogP contribution in [-0.2, 0) is 14.6 Å². The summed E-state index contributed by atoms with van der Waals surface area (Å²) in [5, 5.41) is 7.22. The molecular formula is C28H37N5O4S. The minimum Gasteiger partial charge on any atom is -0.374 e. The van der Waals surface area contributed by atoms with E-state index in [-0.39, 0.29) is 34.1 Å². The number of H-pyrrole nitrogens is 1. The van der Waals surface area contributed by atoms with Crippen molar-refractivity contribution in [2.24, 2.45) is 5.92 Å². The fourth-order valence-electron chi connectivity index (χ4n) is 5.78. The lowest BCUT2D eigenvalue weighted by Crippen LogP contribution is -2.50. The lowest BCUT2D eigenvalue weighted by atomic mass is 9.97. The molecular weight excluding hydrogens is 502 g/mol. The molecule has 5 heterocycles. The summed E-state index contributed by atoms with van der Waals surface area (Å²) in [5.74, 6) is 0.833. The molecule has 9 nitrogen and oxygen atoms in total. The molecule has 3 aromatic heterocycles. The average Bonchev–Trinajstić information content (AvgIpc) is 2.88. The Hall–Kier alpha value is -2.82. The van der Waals surface area contributed by atoms with Gasteiger partial charge in [-0.3, -0.25) is 9.78 Å². The van der Waals surface area contributed by atoms with Crippen LogP contribution in [0.4, 0.5) is 5.82 Å². The van der Waals surface area contributed by atoms with E-state index < -0.39 is 9.84 Å². The maximum Gasteiger partial charge on any atom is 0.251 e. The number of nitrogens with one attached hydrogen (secondary N) is 3. The Morgan fingerprint density at radius 3 is 2.61 bits per heavy atom. The van der Waals surface area contributed by atoms with E-state index in [0.717, 1.165) is 35.0 Å². The molecule has 0 spiro atoms. The van der Waals surface area contributed by atoms with E-state index in [1.54, 1.807) is 20.8 Å². The standard InChI is InChI=1S/C28H37N5O4S/c1-16-7-21(12-30-11-16)23-13-31-27(26-22(23)8-17(2)28(34)33-26)32-24-5-6-29-14-25(24)37-15-20-9-18(3)38(35,36)19(4)10-20/h7-8,11-13,18-20,24-25,29H,5-6,9-10,14-15H2,1-4H3,(H,31,32)(H,33,34)/t18-,19+,20?,24-,25-/m1/s1. The van der Waals surface area contributed by atoms with Crippen LogP contribution in [0.3, 0.4) is 0 Å². The number of nitrogens with zero attached hydrogens (tertiary/aromatic N) is 2. The minimum atomic E-state index is -3.04. The van der Waals surface area contributed by atoms with E-state index in [1.165, 1.54) is 0 Å². The lowest BCUT2D eigenvalue weighted by molar-refractivity contribution is 0.00438. The molecule has 0 aliphatic carbocycles. The molecule has 0 amide bonds. The first-order valence-corrected chi connectivity index (χ1v) is 15.0. The molecule has 5 atom stereocenters. The highest BCUT2D eigenvalue weighted by Gasteiger charge is 2.37. The van der Waals surface area contributed by atoms with E-state index in [4.69, 9.17) is 9.72 Å². The van der Waals surface area contributed by atoms with Gasteiger partial charge >= 0.3 is 0 Å². The van der Waals surface area contributed by atoms with Gasteiger partial charge in [-0.15, -0.1) is 0 Å². The second-order valence-electron chi connectivity index (χ2n) is 11.0. The first-order chi connectivity index (χ1) is 18.1. The van der Waals surface area contributed by atoms with Crippen LogP contribution in [0.25, 0.3) is 22.0 Å². The van der Waals surface area contributed by atoms with Gasteiger partial charge in [0.05, 0.1) is 34.8 Å². The molecule has 10 heteroatoms. The second-order valence-corrected chi connectivity index (χ2v) is 13.8. The lowest BCUT2D eigenvalue weighted by Gasteiger charge is -2.36. The van der Waals surface area contributed by atoms with Crippen molar-refractivity contribution in [3.8, 4) is 11.1 Å². The summed E-state index contributed by atoms with van der Waals surface area (Å²) in [5.41, 5.74) is 4.06. The molecule has 1 unspecified atom stereocenters. The van der Waals surface area contributed by atoms with Gasteiger partial charge in [0, 0.05) is 47.2 Å². The van der Waals surface area contributed by atoms with E-state index in [9.17, 15) is 13.2 Å². The molecule has 0 saturated carbocycles. The highest BCUT2D eigenvalue weighted by atomic mass is 32.2. The van der Waals surface area contributed by atoms with E-state index >= 15 is 0 Å². The second kappa shape index (κ2) is 10.7. The molecule has 204 valence electrons. The Morgan fingerprint density at radius 1 is 1.11 bits per heavy atom. The van der Waals surface area contributed by atoms with Crippen LogP contribution in [0.15, 0.2) is 35.5 Å². The Labute approximate surface area is 223 Å². The molecule has 2 aliphatic rings. The van der Waals surface area contributed by atoms with Gasteiger partial charge in [-0.2, -0.15) is 0 Å². The summed E-state index contributed by atoms with van der Waals surface area (Å²) in [7, 11) is -3.04. The van der Waals surface area contributed by atoms with Crippen LogP contribution < -0.4 is 16.2 Å². The normalized spacial score (nSPS) is 27.3. The first-order valence-electron chi connectivity index (χ1n) is 13.4. The van der Waals surface area contributed by atoms with E-state index in [1.807, 2.05) is 31.6 Å². The third kappa shape index (κ3) is 5.34. The molecule has 3 aromatic rings. The van der Waals surface area contributed by atoms with Gasteiger partial charge in [-0.25, -0.2) is 13.4 Å². The van der Waals surface area contributed by atoms with E-state index in [0.29, 0.717) is 42.9 Å². The third-order valence-corrected chi connectivity index (χ3v) is 10.6. The number of rotatable bonds is 6. The van der Waals surface area contributed by atoms with Crippen molar-refractivity contribution >= 4 is 26.6 Å². The largest absolute Gasteiger partial charge is 0.374 e. The number of ether oxygens (including phenoxy) is 1. The van der Waals surface area contributed by atoms with Crippen LogP contribution in [0, 0.1) is 19.8 Å². The van der Waals surface area contributed by atoms with Gasteiger partial charge in [0.25, 0.3) is 5.56 Å². The summed E-state index contributed by atoms with van der Waals surface area (Å²) < 4.78 is 31.2. The van der Waals surface area contributed by atoms with Crippen molar-refractivity contribution in [1.82, 2.24) is 20.3 Å². The topological polar surface area (TPSA) is 126 Å². The maximum absolute atomic E-state index is 12.6. The number of aryl methyl sites for hydroxylation is 2. The van der Waals surface area contributed by atoms with Gasteiger partial charge < -0.3 is 20.4 Å². The molecule has 2 fully saturated rings. The van der Waals surface area contributed by atoms with Gasteiger partial charge in [-0.1, -0.05) is 0 Å². The number of fused-ring (bicyclic) bond motifs is 1. The number of sulfone groups is 1. The van der Waals surface area contributed by atoms with Crippen molar-refractivity contribution in [3.63, 3.8) is 0 Å². The number of anilines is 1. The Balaban J connectivity index is 1.39. The molecule has 5 rings (SSSR count). The fraction of sp³-hybridized carbons (Fsp3) is 0.536. The number of aromatic amines is 1. The molecule has 2 aliphatic heterocycles. The number of piperidine rings is 1.